The van der Waals surface area contributed by atoms with Crippen LogP contribution in [0.2, 0.25) is 8.87 Å². The summed E-state index contributed by atoms with van der Waals surface area (Å²) in [6.07, 6.45) is 23.7. The van der Waals surface area contributed by atoms with Crippen molar-refractivity contribution in [1.82, 2.24) is 0 Å². The molecule has 0 aliphatic heterocycles. The Morgan fingerprint density at radius 1 is 0.818 bits per heavy atom. The van der Waals surface area contributed by atoms with E-state index in [1.807, 2.05) is 0 Å². The predicted molar refractivity (Wildman–Crippen MR) is 145 cm³/mol. The van der Waals surface area contributed by atoms with Crippen molar-refractivity contribution < 1.29 is 20.1 Å². The minimum absolute atomic E-state index is 0.0736. The van der Waals surface area contributed by atoms with Crippen LogP contribution in [-0.4, -0.2) is 43.4 Å². The molecule has 0 aliphatic rings. The van der Waals surface area contributed by atoms with Gasteiger partial charge in [0.05, 0.1) is 6.10 Å². The number of aliphatic hydroxyl groups excluding tert-OH is 1. The number of thiocarbonyl (C=S) groups is 1. The van der Waals surface area contributed by atoms with E-state index in [-0.39, 0.29) is 21.1 Å². The van der Waals surface area contributed by atoms with E-state index in [1.165, 1.54) is 83.5 Å². The minimum atomic E-state index is -1.59. The molecule has 0 aliphatic carbocycles. The molecule has 0 heterocycles. The fourth-order valence-electron chi connectivity index (χ4n) is 2.92. The molecule has 194 valence electrons. The SMILES string of the molecule is CC=CCCCC.CCCCCCC[CH2][Sn+2][CH2]CCCCCCC.O=C([O-])CC(O)C([O-])=S. The molecule has 0 aromatic rings. The molecule has 33 heavy (non-hydrogen) atoms. The molecule has 0 amide bonds. The second kappa shape index (κ2) is 34.0. The Hall–Kier alpha value is -0.141. The molecule has 0 rings (SSSR count). The van der Waals surface area contributed by atoms with Gasteiger partial charge in [0.2, 0.25) is 0 Å². The van der Waals surface area contributed by atoms with Crippen molar-refractivity contribution in [2.45, 2.75) is 145 Å². The maximum Gasteiger partial charge on any atom is 0.0803 e. The number of aliphatic carboxylic acids is 1. The van der Waals surface area contributed by atoms with Gasteiger partial charge in [0.15, 0.2) is 0 Å². The quantitative estimate of drug-likeness (QED) is 0.0792. The van der Waals surface area contributed by atoms with Gasteiger partial charge in [-0.15, -0.1) is 0 Å². The minimum Gasteiger partial charge on any atom is -0.866 e. The number of hydrogen-bond donors (Lipinski definition) is 1. The van der Waals surface area contributed by atoms with E-state index < -0.39 is 23.5 Å². The molecule has 1 N–H and O–H groups in total. The Bertz CT molecular complexity index is 416. The first-order chi connectivity index (χ1) is 15.9. The number of carboxylic acid groups (broad SMARTS) is 1. The molecule has 4 nitrogen and oxygen atoms in total. The zero-order valence-electron chi connectivity index (χ0n) is 22.0. The average Bonchev–Trinajstić information content (AvgIpc) is 2.78. The van der Waals surface area contributed by atoms with Crippen LogP contribution in [0.4, 0.5) is 0 Å². The van der Waals surface area contributed by atoms with Gasteiger partial charge in [-0.25, -0.2) is 0 Å². The first kappa shape index (κ1) is 37.4. The van der Waals surface area contributed by atoms with E-state index in [0.29, 0.717) is 0 Å². The molecule has 0 fully saturated rings. The molecule has 0 aromatic heterocycles. The first-order valence-electron chi connectivity index (χ1n) is 13.3. The Balaban J connectivity index is -0.000000469. The van der Waals surface area contributed by atoms with E-state index in [2.05, 4.69) is 52.1 Å². The largest absolute Gasteiger partial charge is 0.866 e. The molecule has 0 aromatic carbocycles. The van der Waals surface area contributed by atoms with Crippen molar-refractivity contribution in [1.29, 1.82) is 0 Å². The van der Waals surface area contributed by atoms with Gasteiger partial charge in [-0.2, -0.15) is 0 Å². The summed E-state index contributed by atoms with van der Waals surface area (Å²) in [5.74, 6) is -1.49. The summed E-state index contributed by atoms with van der Waals surface area (Å²) in [5, 5.41) is 27.0. The maximum absolute atomic E-state index is 9.95. The van der Waals surface area contributed by atoms with Gasteiger partial charge in [-0.05, 0) is 18.4 Å². The van der Waals surface area contributed by atoms with Crippen molar-refractivity contribution >= 4 is 44.4 Å². The molecule has 6 heteroatoms. The maximum atomic E-state index is 9.95. The summed E-state index contributed by atoms with van der Waals surface area (Å²) < 4.78 is 3.31. The molecule has 0 spiro atoms. The summed E-state index contributed by atoms with van der Waals surface area (Å²) in [4.78, 5) is 9.64. The van der Waals surface area contributed by atoms with Crippen molar-refractivity contribution in [3.63, 3.8) is 0 Å². The Kier molecular flexibility index (Phi) is 38.6. The second-order valence-electron chi connectivity index (χ2n) is 8.41. The number of rotatable bonds is 20. The zero-order valence-corrected chi connectivity index (χ0v) is 25.7. The summed E-state index contributed by atoms with van der Waals surface area (Å²) in [6.45, 7) is 8.88. The number of allylic oxidation sites excluding steroid dienone is 2. The van der Waals surface area contributed by atoms with E-state index in [0.717, 1.165) is 0 Å². The normalized spacial score (nSPS) is 11.1. The summed E-state index contributed by atoms with van der Waals surface area (Å²) >= 11 is 4.01. The summed E-state index contributed by atoms with van der Waals surface area (Å²) in [6, 6.07) is 0. The molecule has 0 saturated heterocycles. The fraction of sp³-hybridized carbons (Fsp3) is 0.852. The van der Waals surface area contributed by atoms with Crippen molar-refractivity contribution in [2.75, 3.05) is 0 Å². The third-order valence-corrected chi connectivity index (χ3v) is 9.31. The van der Waals surface area contributed by atoms with Crippen LogP contribution in [0.3, 0.4) is 0 Å². The summed E-state index contributed by atoms with van der Waals surface area (Å²) in [7, 11) is 0. The van der Waals surface area contributed by atoms with Crippen LogP contribution in [0.15, 0.2) is 12.2 Å². The van der Waals surface area contributed by atoms with Crippen LogP contribution in [0.1, 0.15) is 130 Å². The predicted octanol–water partition coefficient (Wildman–Crippen LogP) is 6.18. The van der Waals surface area contributed by atoms with Gasteiger partial charge in [0.1, 0.15) is 0 Å². The van der Waals surface area contributed by atoms with E-state index in [1.54, 1.807) is 21.7 Å². The number of carbonyl (C=O) groups is 1. The summed E-state index contributed by atoms with van der Waals surface area (Å²) in [5.41, 5.74) is 0. The molecule has 1 atom stereocenters. The Morgan fingerprint density at radius 2 is 1.24 bits per heavy atom. The average molecular weight is 591 g/mol. The Morgan fingerprint density at radius 3 is 1.58 bits per heavy atom. The number of aliphatic hydroxyl groups is 1. The van der Waals surface area contributed by atoms with E-state index in [4.69, 9.17) is 5.11 Å². The van der Waals surface area contributed by atoms with Gasteiger partial charge in [0.25, 0.3) is 0 Å². The van der Waals surface area contributed by atoms with Crippen LogP contribution in [0.5, 0.6) is 0 Å². The third-order valence-electron chi connectivity index (χ3n) is 5.01. The van der Waals surface area contributed by atoms with E-state index in [9.17, 15) is 15.0 Å². The van der Waals surface area contributed by atoms with Crippen molar-refractivity contribution in [2.24, 2.45) is 0 Å². The van der Waals surface area contributed by atoms with Gasteiger partial charge >= 0.3 is 121 Å². The van der Waals surface area contributed by atoms with Gasteiger partial charge < -0.3 is 20.1 Å². The standard InChI is InChI=1S/2C8H17.C7H14.C4H6O4S.Sn/c2*1-3-5-7-8-6-4-2;1-3-5-7-6-4-2;5-2(4(8)9)1-3(6)7;/h2*1,3-8H2,2H3;3,5H,4,6-7H2,1-2H3;2,5H,1H2,(H,6,7)(H,8,9);/q;;;;+2/p-2. The van der Waals surface area contributed by atoms with Crippen molar-refractivity contribution in [3.05, 3.63) is 12.2 Å². The van der Waals surface area contributed by atoms with Crippen LogP contribution < -0.4 is 10.2 Å². The van der Waals surface area contributed by atoms with Crippen molar-refractivity contribution in [3.8, 4) is 0 Å². The second-order valence-corrected chi connectivity index (χ2v) is 13.1. The van der Waals surface area contributed by atoms with Gasteiger partial charge in [0, 0.05) is 12.4 Å². The number of unbranched alkanes of at least 4 members (excludes halogenated alkanes) is 12. The smallest absolute Gasteiger partial charge is 0.0803 e. The fourth-order valence-corrected chi connectivity index (χ4v) is 6.57. The number of carbonyl (C=O) groups excluding carboxylic acids is 1. The molecule has 1 unspecified atom stereocenters. The Labute approximate surface area is 221 Å². The number of carboxylic acids is 1. The molecular formula is C27H52O4SSn. The van der Waals surface area contributed by atoms with Crippen LogP contribution >= 0.6 is 12.2 Å². The third kappa shape index (κ3) is 42.5. The van der Waals surface area contributed by atoms with Crippen LogP contribution in [0, 0.1) is 0 Å². The van der Waals surface area contributed by atoms with Crippen LogP contribution in [0.25, 0.3) is 0 Å². The molecular weight excluding hydrogens is 539 g/mol. The zero-order chi connectivity index (χ0) is 25.6. The molecule has 0 bridgehead atoms. The van der Waals surface area contributed by atoms with Crippen LogP contribution in [-0.2, 0) is 4.79 Å². The first-order valence-corrected chi connectivity index (χ1v) is 17.7. The monoisotopic (exact) mass is 592 g/mol. The van der Waals surface area contributed by atoms with Gasteiger partial charge in [-0.1, -0.05) is 44.1 Å². The van der Waals surface area contributed by atoms with E-state index >= 15 is 0 Å². The molecule has 0 saturated carbocycles. The topological polar surface area (TPSA) is 83.4 Å². The number of hydrogen-bond acceptors (Lipinski definition) is 5. The van der Waals surface area contributed by atoms with Gasteiger partial charge in [-0.3, -0.25) is 0 Å². The molecule has 0 radical (unpaired) electrons.